The number of aryl methyl sites for hydroxylation is 1. The Morgan fingerprint density at radius 3 is 2.64 bits per heavy atom. The van der Waals surface area contributed by atoms with E-state index in [4.69, 9.17) is 11.6 Å². The molecule has 0 radical (unpaired) electrons. The first-order valence-electron chi connectivity index (χ1n) is 7.59. The van der Waals surface area contributed by atoms with Crippen molar-refractivity contribution < 1.29 is 19.6 Å². The summed E-state index contributed by atoms with van der Waals surface area (Å²) in [5.74, 6) is -1.48. The molecule has 1 aromatic rings. The lowest BCUT2D eigenvalue weighted by Gasteiger charge is -2.31. The van der Waals surface area contributed by atoms with Crippen LogP contribution in [0.3, 0.4) is 0 Å². The van der Waals surface area contributed by atoms with Gasteiger partial charge in [-0.05, 0) is 43.9 Å². The number of carbonyl (C=O) groups excluding carboxylic acids is 2. The summed E-state index contributed by atoms with van der Waals surface area (Å²) in [5, 5.41) is 14.6. The average molecular weight is 325 g/mol. The van der Waals surface area contributed by atoms with Gasteiger partial charge in [-0.2, -0.15) is 0 Å². The number of hydrogen-bond acceptors (Lipinski definition) is 3. The minimum Gasteiger partial charge on any atom is -0.544 e. The number of nitrogens with one attached hydrogen (secondary N) is 2. The van der Waals surface area contributed by atoms with Crippen molar-refractivity contribution in [1.29, 1.82) is 0 Å². The van der Waals surface area contributed by atoms with Crippen LogP contribution in [0.2, 0.25) is 5.02 Å². The van der Waals surface area contributed by atoms with Crippen molar-refractivity contribution in [2.45, 2.75) is 38.6 Å². The van der Waals surface area contributed by atoms with E-state index in [1.165, 1.54) is 0 Å². The van der Waals surface area contributed by atoms with E-state index in [2.05, 4.69) is 5.32 Å². The van der Waals surface area contributed by atoms with Crippen LogP contribution in [0.15, 0.2) is 18.2 Å². The van der Waals surface area contributed by atoms with Gasteiger partial charge in [0.1, 0.15) is 6.04 Å². The van der Waals surface area contributed by atoms with E-state index >= 15 is 0 Å². The SMILES string of the molecule is Cc1ccc(Cl)cc1NC(=O)C[C@@H](C(=O)[O-])[NH+]1CCCCC1. The van der Waals surface area contributed by atoms with Crippen molar-refractivity contribution in [3.63, 3.8) is 0 Å². The van der Waals surface area contributed by atoms with Crippen molar-refractivity contribution in [2.75, 3.05) is 18.4 Å². The zero-order chi connectivity index (χ0) is 16.1. The van der Waals surface area contributed by atoms with E-state index < -0.39 is 12.0 Å². The molecule has 5 nitrogen and oxygen atoms in total. The van der Waals surface area contributed by atoms with Crippen LogP contribution in [-0.4, -0.2) is 31.0 Å². The molecule has 0 saturated carbocycles. The highest BCUT2D eigenvalue weighted by molar-refractivity contribution is 6.31. The second kappa shape index (κ2) is 7.61. The van der Waals surface area contributed by atoms with E-state index in [1.807, 2.05) is 13.0 Å². The second-order valence-electron chi connectivity index (χ2n) is 5.80. The predicted octanol–water partition coefficient (Wildman–Crippen LogP) is 0.164. The lowest BCUT2D eigenvalue weighted by Crippen LogP contribution is -3.18. The summed E-state index contributed by atoms with van der Waals surface area (Å²) >= 11 is 5.92. The van der Waals surface area contributed by atoms with Crippen LogP contribution in [0.1, 0.15) is 31.2 Å². The zero-order valence-corrected chi connectivity index (χ0v) is 13.4. The molecular weight excluding hydrogens is 304 g/mol. The molecule has 22 heavy (non-hydrogen) atoms. The zero-order valence-electron chi connectivity index (χ0n) is 12.7. The Labute approximate surface area is 135 Å². The third-order valence-electron chi connectivity index (χ3n) is 4.14. The van der Waals surface area contributed by atoms with Crippen LogP contribution in [0.4, 0.5) is 5.69 Å². The van der Waals surface area contributed by atoms with Crippen molar-refractivity contribution in [3.8, 4) is 0 Å². The Morgan fingerprint density at radius 2 is 2.00 bits per heavy atom. The number of likely N-dealkylation sites (tertiary alicyclic amines) is 1. The minimum absolute atomic E-state index is 0.0797. The summed E-state index contributed by atoms with van der Waals surface area (Å²) in [5.41, 5.74) is 1.50. The highest BCUT2D eigenvalue weighted by atomic mass is 35.5. The Bertz CT molecular complexity index is 556. The molecule has 1 atom stereocenters. The van der Waals surface area contributed by atoms with Crippen LogP contribution in [0.5, 0.6) is 0 Å². The van der Waals surface area contributed by atoms with Crippen molar-refractivity contribution >= 4 is 29.2 Å². The number of piperidine rings is 1. The van der Waals surface area contributed by atoms with Gasteiger partial charge in [0, 0.05) is 10.7 Å². The molecule has 120 valence electrons. The summed E-state index contributed by atoms with van der Waals surface area (Å²) in [6.45, 7) is 3.42. The largest absolute Gasteiger partial charge is 0.544 e. The predicted molar refractivity (Wildman–Crippen MR) is 82.8 cm³/mol. The minimum atomic E-state index is -1.16. The number of benzene rings is 1. The Morgan fingerprint density at radius 1 is 1.32 bits per heavy atom. The first-order chi connectivity index (χ1) is 10.5. The maximum Gasteiger partial charge on any atom is 0.230 e. The number of hydrogen-bond donors (Lipinski definition) is 2. The number of quaternary nitrogens is 1. The van der Waals surface area contributed by atoms with Gasteiger partial charge in [0.15, 0.2) is 0 Å². The highest BCUT2D eigenvalue weighted by Gasteiger charge is 2.28. The number of halogens is 1. The quantitative estimate of drug-likeness (QED) is 0.810. The van der Waals surface area contributed by atoms with Crippen molar-refractivity contribution in [1.82, 2.24) is 0 Å². The molecule has 0 aliphatic carbocycles. The second-order valence-corrected chi connectivity index (χ2v) is 6.24. The van der Waals surface area contributed by atoms with Crippen LogP contribution >= 0.6 is 11.6 Å². The number of carboxylic acid groups (broad SMARTS) is 1. The molecule has 0 aromatic heterocycles. The van der Waals surface area contributed by atoms with Gasteiger partial charge in [0.25, 0.3) is 0 Å². The molecule has 0 unspecified atom stereocenters. The highest BCUT2D eigenvalue weighted by Crippen LogP contribution is 2.20. The Balaban J connectivity index is 2.01. The average Bonchev–Trinajstić information content (AvgIpc) is 2.49. The van der Waals surface area contributed by atoms with Gasteiger partial charge in [-0.3, -0.25) is 4.79 Å². The summed E-state index contributed by atoms with van der Waals surface area (Å²) in [6.07, 6.45) is 3.03. The number of carboxylic acids is 1. The number of carbonyl (C=O) groups is 2. The maximum absolute atomic E-state index is 12.2. The lowest BCUT2D eigenvalue weighted by molar-refractivity contribution is -0.922. The molecule has 1 aliphatic heterocycles. The van der Waals surface area contributed by atoms with Crippen molar-refractivity contribution in [2.24, 2.45) is 0 Å². The van der Waals surface area contributed by atoms with E-state index in [0.29, 0.717) is 10.7 Å². The molecule has 1 aromatic carbocycles. The van der Waals surface area contributed by atoms with Crippen LogP contribution in [-0.2, 0) is 9.59 Å². The number of amides is 1. The fourth-order valence-electron chi connectivity index (χ4n) is 2.86. The van der Waals surface area contributed by atoms with E-state index in [9.17, 15) is 14.7 Å². The molecule has 1 heterocycles. The van der Waals surface area contributed by atoms with Gasteiger partial charge in [-0.1, -0.05) is 17.7 Å². The molecule has 1 fully saturated rings. The number of rotatable bonds is 5. The fraction of sp³-hybridized carbons (Fsp3) is 0.500. The van der Waals surface area contributed by atoms with Crippen LogP contribution in [0.25, 0.3) is 0 Å². The van der Waals surface area contributed by atoms with Gasteiger partial charge in [0.2, 0.25) is 5.91 Å². The third kappa shape index (κ3) is 4.45. The van der Waals surface area contributed by atoms with Crippen LogP contribution < -0.4 is 15.3 Å². The molecule has 2 N–H and O–H groups in total. The Kier molecular flexibility index (Phi) is 5.80. The normalized spacial score (nSPS) is 17.0. The van der Waals surface area contributed by atoms with E-state index in [0.717, 1.165) is 42.8 Å². The molecule has 2 rings (SSSR count). The Hall–Kier alpha value is -1.59. The van der Waals surface area contributed by atoms with Gasteiger partial charge >= 0.3 is 0 Å². The van der Waals surface area contributed by atoms with E-state index in [1.54, 1.807) is 12.1 Å². The molecular formula is C16H21ClN2O3. The first kappa shape index (κ1) is 16.8. The number of anilines is 1. The third-order valence-corrected chi connectivity index (χ3v) is 4.37. The first-order valence-corrected chi connectivity index (χ1v) is 7.96. The number of aliphatic carboxylic acids is 1. The van der Waals surface area contributed by atoms with Crippen molar-refractivity contribution in [3.05, 3.63) is 28.8 Å². The summed E-state index contributed by atoms with van der Waals surface area (Å²) in [7, 11) is 0. The smallest absolute Gasteiger partial charge is 0.230 e. The topological polar surface area (TPSA) is 73.7 Å². The molecule has 6 heteroatoms. The maximum atomic E-state index is 12.2. The monoisotopic (exact) mass is 324 g/mol. The summed E-state index contributed by atoms with van der Waals surface area (Å²) in [6, 6.07) is 4.43. The van der Waals surface area contributed by atoms with Gasteiger partial charge in [0.05, 0.1) is 25.5 Å². The molecule has 0 spiro atoms. The van der Waals surface area contributed by atoms with E-state index in [-0.39, 0.29) is 12.3 Å². The fourth-order valence-corrected chi connectivity index (χ4v) is 3.04. The standard InChI is InChI=1S/C16H21ClN2O3/c1-11-5-6-12(17)9-13(11)18-15(20)10-14(16(21)22)19-7-3-2-4-8-19/h5-6,9,14H,2-4,7-8,10H2,1H3,(H,18,20)(H,21,22)/t14-/m0/s1. The lowest BCUT2D eigenvalue weighted by atomic mass is 10.1. The van der Waals surface area contributed by atoms with Gasteiger partial charge in [-0.25, -0.2) is 0 Å². The van der Waals surface area contributed by atoms with Gasteiger partial charge in [-0.15, -0.1) is 0 Å². The molecule has 1 saturated heterocycles. The molecule has 0 bridgehead atoms. The van der Waals surface area contributed by atoms with Crippen LogP contribution in [0, 0.1) is 6.92 Å². The van der Waals surface area contributed by atoms with Gasteiger partial charge < -0.3 is 20.1 Å². The summed E-state index contributed by atoms with van der Waals surface area (Å²) in [4.78, 5) is 24.5. The summed E-state index contributed by atoms with van der Waals surface area (Å²) < 4.78 is 0. The molecule has 1 aliphatic rings. The molecule has 1 amide bonds.